The van der Waals surface area contributed by atoms with Crippen molar-refractivity contribution >= 4 is 5.91 Å². The number of hydrogen-bond acceptors (Lipinski definition) is 6. The first-order valence-corrected chi connectivity index (χ1v) is 8.79. The number of amides is 1. The highest BCUT2D eigenvalue weighted by atomic mass is 19.1. The molecule has 7 nitrogen and oxygen atoms in total. The van der Waals surface area contributed by atoms with Gasteiger partial charge in [0.2, 0.25) is 5.82 Å². The Morgan fingerprint density at radius 3 is 2.75 bits per heavy atom. The normalized spacial score (nSPS) is 16.8. The number of aromatic nitrogens is 2. The second kappa shape index (κ2) is 7.77. The zero-order chi connectivity index (χ0) is 19.5. The summed E-state index contributed by atoms with van der Waals surface area (Å²) in [6.07, 6.45) is -0.541. The average Bonchev–Trinajstić information content (AvgIpc) is 3.24. The number of carbonyl (C=O) groups is 1. The third-order valence-electron chi connectivity index (χ3n) is 4.52. The lowest BCUT2D eigenvalue weighted by Gasteiger charge is -2.31. The molecule has 4 rings (SSSR count). The van der Waals surface area contributed by atoms with Crippen LogP contribution < -0.4 is 4.74 Å². The van der Waals surface area contributed by atoms with Gasteiger partial charge in [0.15, 0.2) is 0 Å². The third-order valence-corrected chi connectivity index (χ3v) is 4.52. The minimum Gasteiger partial charge on any atom is -0.497 e. The summed E-state index contributed by atoms with van der Waals surface area (Å²) in [7, 11) is 1.59. The topological polar surface area (TPSA) is 77.7 Å². The Morgan fingerprint density at radius 2 is 2.00 bits per heavy atom. The predicted octanol–water partition coefficient (Wildman–Crippen LogP) is 3.10. The molecule has 1 unspecified atom stereocenters. The van der Waals surface area contributed by atoms with Crippen molar-refractivity contribution in [2.45, 2.75) is 6.10 Å². The Hall–Kier alpha value is -3.26. The van der Waals surface area contributed by atoms with Crippen LogP contribution in [0.4, 0.5) is 4.39 Å². The monoisotopic (exact) mass is 383 g/mol. The highest BCUT2D eigenvalue weighted by molar-refractivity contribution is 5.94. The number of benzene rings is 2. The van der Waals surface area contributed by atoms with E-state index in [9.17, 15) is 9.18 Å². The van der Waals surface area contributed by atoms with Gasteiger partial charge in [0.1, 0.15) is 17.7 Å². The summed E-state index contributed by atoms with van der Waals surface area (Å²) < 4.78 is 30.1. The lowest BCUT2D eigenvalue weighted by molar-refractivity contribution is -0.0277. The van der Waals surface area contributed by atoms with Gasteiger partial charge in [0, 0.05) is 12.1 Å². The van der Waals surface area contributed by atoms with E-state index in [1.165, 1.54) is 17.0 Å². The summed E-state index contributed by atoms with van der Waals surface area (Å²) >= 11 is 0. The van der Waals surface area contributed by atoms with Crippen LogP contribution in [0, 0.1) is 5.82 Å². The molecular weight excluding hydrogens is 365 g/mol. The van der Waals surface area contributed by atoms with Gasteiger partial charge in [-0.3, -0.25) is 4.79 Å². The van der Waals surface area contributed by atoms with Crippen molar-refractivity contribution in [1.29, 1.82) is 0 Å². The van der Waals surface area contributed by atoms with E-state index in [4.69, 9.17) is 14.0 Å². The summed E-state index contributed by atoms with van der Waals surface area (Å²) in [5.74, 6) is 0.485. The summed E-state index contributed by atoms with van der Waals surface area (Å²) in [6, 6.07) is 13.1. The smallest absolute Gasteiger partial charge is 0.258 e. The lowest BCUT2D eigenvalue weighted by atomic mass is 10.1. The van der Waals surface area contributed by atoms with E-state index in [1.54, 1.807) is 31.4 Å². The van der Waals surface area contributed by atoms with Gasteiger partial charge in [-0.2, -0.15) is 4.98 Å². The number of hydrogen-bond donors (Lipinski definition) is 0. The number of morpholine rings is 1. The van der Waals surface area contributed by atoms with Gasteiger partial charge in [-0.05, 0) is 36.4 Å². The van der Waals surface area contributed by atoms with Crippen LogP contribution in [0.1, 0.15) is 22.3 Å². The molecule has 28 heavy (non-hydrogen) atoms. The molecule has 0 saturated carbocycles. The van der Waals surface area contributed by atoms with Crippen molar-refractivity contribution in [2.75, 3.05) is 26.8 Å². The van der Waals surface area contributed by atoms with Gasteiger partial charge in [0.05, 0.1) is 25.8 Å². The van der Waals surface area contributed by atoms with Crippen LogP contribution in [-0.4, -0.2) is 47.8 Å². The summed E-state index contributed by atoms with van der Waals surface area (Å²) in [5, 5.41) is 3.99. The van der Waals surface area contributed by atoms with Gasteiger partial charge >= 0.3 is 0 Å². The number of carbonyl (C=O) groups excluding carboxylic acids is 1. The molecule has 144 valence electrons. The zero-order valence-electron chi connectivity index (χ0n) is 15.2. The molecule has 0 radical (unpaired) electrons. The van der Waals surface area contributed by atoms with Gasteiger partial charge in [-0.15, -0.1) is 0 Å². The van der Waals surface area contributed by atoms with Crippen molar-refractivity contribution in [2.24, 2.45) is 0 Å². The number of ether oxygens (including phenoxy) is 2. The van der Waals surface area contributed by atoms with Crippen LogP contribution in [0.3, 0.4) is 0 Å². The van der Waals surface area contributed by atoms with Crippen LogP contribution in [0.5, 0.6) is 5.75 Å². The van der Waals surface area contributed by atoms with Gasteiger partial charge in [-0.25, -0.2) is 4.39 Å². The van der Waals surface area contributed by atoms with Crippen LogP contribution in [-0.2, 0) is 4.74 Å². The second-order valence-electron chi connectivity index (χ2n) is 6.28. The second-order valence-corrected chi connectivity index (χ2v) is 6.28. The van der Waals surface area contributed by atoms with E-state index in [2.05, 4.69) is 10.1 Å². The Labute approximate surface area is 160 Å². The standard InChI is InChI=1S/C20H18FN3O4/c1-26-14-8-6-13(7-9-14)19-22-18(23-28-19)17-12-24(10-11-27-17)20(25)15-4-2-3-5-16(15)21/h2-9,17H,10-12H2,1H3. The fourth-order valence-electron chi connectivity index (χ4n) is 3.01. The number of methoxy groups -OCH3 is 1. The number of halogens is 1. The molecule has 8 heteroatoms. The molecule has 0 spiro atoms. The van der Waals surface area contributed by atoms with E-state index >= 15 is 0 Å². The maximum Gasteiger partial charge on any atom is 0.258 e. The van der Waals surface area contributed by atoms with E-state index in [1.807, 2.05) is 12.1 Å². The first kappa shape index (κ1) is 18.1. The first-order chi connectivity index (χ1) is 13.7. The van der Waals surface area contributed by atoms with Crippen molar-refractivity contribution in [1.82, 2.24) is 15.0 Å². The van der Waals surface area contributed by atoms with Gasteiger partial charge in [0.25, 0.3) is 11.8 Å². The highest BCUT2D eigenvalue weighted by Gasteiger charge is 2.30. The largest absolute Gasteiger partial charge is 0.497 e. The van der Waals surface area contributed by atoms with Crippen molar-refractivity contribution in [3.05, 3.63) is 65.7 Å². The molecule has 1 atom stereocenters. The van der Waals surface area contributed by atoms with E-state index in [-0.39, 0.29) is 18.0 Å². The highest BCUT2D eigenvalue weighted by Crippen LogP contribution is 2.26. The molecular formula is C20H18FN3O4. The average molecular weight is 383 g/mol. The molecule has 0 bridgehead atoms. The van der Waals surface area contributed by atoms with Gasteiger partial charge < -0.3 is 18.9 Å². The molecule has 1 aliphatic rings. The van der Waals surface area contributed by atoms with Crippen molar-refractivity contribution in [3.8, 4) is 17.2 Å². The van der Waals surface area contributed by atoms with Crippen molar-refractivity contribution < 1.29 is 23.2 Å². The summed E-state index contributed by atoms with van der Waals surface area (Å²) in [5.41, 5.74) is 0.782. The van der Waals surface area contributed by atoms with Crippen LogP contribution >= 0.6 is 0 Å². The van der Waals surface area contributed by atoms with Crippen molar-refractivity contribution in [3.63, 3.8) is 0 Å². The summed E-state index contributed by atoms with van der Waals surface area (Å²) in [4.78, 5) is 18.6. The SMILES string of the molecule is COc1ccc(-c2nc(C3CN(C(=O)c4ccccc4F)CCO3)no2)cc1. The molecule has 1 fully saturated rings. The molecule has 1 aromatic heterocycles. The first-order valence-electron chi connectivity index (χ1n) is 8.79. The zero-order valence-corrected chi connectivity index (χ0v) is 15.2. The maximum atomic E-state index is 13.9. The lowest BCUT2D eigenvalue weighted by Crippen LogP contribution is -2.42. The minimum absolute atomic E-state index is 0.0372. The molecule has 2 aromatic carbocycles. The Balaban J connectivity index is 1.50. The molecule has 1 aliphatic heterocycles. The predicted molar refractivity (Wildman–Crippen MR) is 97.3 cm³/mol. The molecule has 2 heterocycles. The fourth-order valence-corrected chi connectivity index (χ4v) is 3.01. The maximum absolute atomic E-state index is 13.9. The fraction of sp³-hybridized carbons (Fsp3) is 0.250. The van der Waals surface area contributed by atoms with E-state index < -0.39 is 11.9 Å². The van der Waals surface area contributed by atoms with E-state index in [0.29, 0.717) is 24.9 Å². The molecule has 3 aromatic rings. The minimum atomic E-state index is -0.545. The molecule has 0 N–H and O–H groups in total. The summed E-state index contributed by atoms with van der Waals surface area (Å²) in [6.45, 7) is 0.888. The third kappa shape index (κ3) is 3.59. The van der Waals surface area contributed by atoms with Gasteiger partial charge in [-0.1, -0.05) is 17.3 Å². The van der Waals surface area contributed by atoms with Crippen LogP contribution in [0.15, 0.2) is 53.1 Å². The molecule has 1 saturated heterocycles. The van der Waals surface area contributed by atoms with Crippen LogP contribution in [0.25, 0.3) is 11.5 Å². The Morgan fingerprint density at radius 1 is 1.21 bits per heavy atom. The molecule has 0 aliphatic carbocycles. The quantitative estimate of drug-likeness (QED) is 0.689. The number of rotatable bonds is 4. The van der Waals surface area contributed by atoms with E-state index in [0.717, 1.165) is 11.3 Å². The Bertz CT molecular complexity index is 974. The molecule has 1 amide bonds. The number of nitrogens with zero attached hydrogens (tertiary/aromatic N) is 3. The Kier molecular flexibility index (Phi) is 5.03. The van der Waals surface area contributed by atoms with Crippen LogP contribution in [0.2, 0.25) is 0 Å².